The van der Waals surface area contributed by atoms with Gasteiger partial charge in [-0.15, -0.1) is 0 Å². The molecule has 1 aliphatic heterocycles. The van der Waals surface area contributed by atoms with Crippen LogP contribution in [0.4, 0.5) is 4.39 Å². The third-order valence-corrected chi connectivity index (χ3v) is 8.71. The van der Waals surface area contributed by atoms with E-state index < -0.39 is 0 Å². The Kier molecular flexibility index (Phi) is 8.37. The number of phenolic OH excluding ortho intramolecular Hbond substituents is 1. The highest BCUT2D eigenvalue weighted by Crippen LogP contribution is 2.43. The van der Waals surface area contributed by atoms with Crippen molar-refractivity contribution in [2.75, 3.05) is 26.3 Å². The van der Waals surface area contributed by atoms with Gasteiger partial charge in [0.25, 0.3) is 0 Å². The molecule has 1 N–H and O–H groups in total. The van der Waals surface area contributed by atoms with Crippen molar-refractivity contribution in [1.29, 1.82) is 0 Å². The van der Waals surface area contributed by atoms with Crippen LogP contribution in [-0.4, -0.2) is 42.4 Å². The molecular weight excluding hydrogens is 497 g/mol. The molecule has 3 aromatic carbocycles. The van der Waals surface area contributed by atoms with Crippen LogP contribution in [0.5, 0.6) is 11.5 Å². The van der Waals surface area contributed by atoms with E-state index in [1.807, 2.05) is 12.1 Å². The first-order valence-electron chi connectivity index (χ1n) is 14.6. The Labute approximate surface area is 239 Å². The van der Waals surface area contributed by atoms with Crippen molar-refractivity contribution in [2.24, 2.45) is 5.41 Å². The zero-order valence-electron chi connectivity index (χ0n) is 23.3. The maximum atomic E-state index is 12.6. The smallest absolute Gasteiger partial charge is 0.119 e. The highest BCUT2D eigenvalue weighted by Gasteiger charge is 2.29. The third-order valence-electron chi connectivity index (χ3n) is 8.71. The lowest BCUT2D eigenvalue weighted by molar-refractivity contribution is 0.198. The summed E-state index contributed by atoms with van der Waals surface area (Å²) in [7, 11) is 0. The van der Waals surface area contributed by atoms with E-state index in [9.17, 15) is 9.50 Å². The van der Waals surface area contributed by atoms with Crippen LogP contribution in [0.25, 0.3) is 11.1 Å². The van der Waals surface area contributed by atoms with E-state index in [4.69, 9.17) is 4.74 Å². The summed E-state index contributed by atoms with van der Waals surface area (Å²) in [6.45, 7) is 7.11. The molecule has 0 saturated carbocycles. The molecule has 0 amide bonds. The van der Waals surface area contributed by atoms with E-state index in [1.54, 1.807) is 0 Å². The van der Waals surface area contributed by atoms with E-state index >= 15 is 0 Å². The van der Waals surface area contributed by atoms with E-state index in [0.717, 1.165) is 63.9 Å². The van der Waals surface area contributed by atoms with Gasteiger partial charge in [0.15, 0.2) is 0 Å². The van der Waals surface area contributed by atoms with E-state index in [-0.39, 0.29) is 20.2 Å². The Hall–Kier alpha value is -3.11. The van der Waals surface area contributed by atoms with Gasteiger partial charge in [-0.05, 0) is 119 Å². The molecule has 0 aromatic heterocycles. The van der Waals surface area contributed by atoms with E-state index in [0.29, 0.717) is 17.6 Å². The highest BCUT2D eigenvalue weighted by atomic mass is 19.1. The van der Waals surface area contributed by atoms with Gasteiger partial charge in [0.05, 0.1) is 6.67 Å². The molecule has 3 aliphatic rings. The van der Waals surface area contributed by atoms with Crippen molar-refractivity contribution in [3.05, 3.63) is 94.0 Å². The van der Waals surface area contributed by atoms with Gasteiger partial charge >= 0.3 is 0 Å². The number of aryl methyl sites for hydroxylation is 1. The summed E-state index contributed by atoms with van der Waals surface area (Å²) in [5.41, 5.74) is 10.9. The summed E-state index contributed by atoms with van der Waals surface area (Å²) in [5.74, 6) is 1.22. The van der Waals surface area contributed by atoms with Gasteiger partial charge < -0.3 is 9.84 Å². The zero-order chi connectivity index (χ0) is 27.0. The molecular formula is C36H44FNO2. The van der Waals surface area contributed by atoms with Crippen molar-refractivity contribution in [2.45, 2.75) is 72.3 Å². The Morgan fingerprint density at radius 1 is 0.925 bits per heavy atom. The summed E-state index contributed by atoms with van der Waals surface area (Å²) in [5, 5.41) is 10.3. The molecule has 0 radical (unpaired) electrons. The fourth-order valence-electron chi connectivity index (χ4n) is 6.91. The first-order valence-corrected chi connectivity index (χ1v) is 14.6. The number of nitrogens with zero attached hydrogens (tertiary/aromatic N) is 1. The van der Waals surface area contributed by atoms with Crippen molar-refractivity contribution < 1.29 is 14.2 Å². The Morgan fingerprint density at radius 2 is 1.70 bits per heavy atom. The number of halogens is 1. The molecule has 1 atom stereocenters. The number of rotatable bonds is 7. The van der Waals surface area contributed by atoms with Crippen molar-refractivity contribution >= 4 is 11.1 Å². The lowest BCUT2D eigenvalue weighted by Crippen LogP contribution is -2.26. The fraction of sp³-hybridized carbons (Fsp3) is 0.444. The number of benzene rings is 3. The minimum atomic E-state index is -0.256. The summed E-state index contributed by atoms with van der Waals surface area (Å²) in [6.07, 6.45) is 7.02. The standard InChI is InChI=1S/C35H40FNO2.CH4/c1-35(2)21-27-8-7-26(19-28(27)22-35)32-6-3-5-25-20-29(38)11-14-33(25)34(32)24-9-12-30(13-10-24)39-31-15-18-37(23-31)17-4-16-36;/h7-14,19-20,31,38H,3-6,15-18,21-23H2,1-2H3;1H4/t31-;/m0./s1. The number of ether oxygens (including phenoxy) is 1. The van der Waals surface area contributed by atoms with E-state index in [1.165, 1.54) is 44.5 Å². The van der Waals surface area contributed by atoms with Crippen LogP contribution in [0.1, 0.15) is 80.3 Å². The number of allylic oxidation sites excluding steroid dienone is 1. The number of hydrogen-bond acceptors (Lipinski definition) is 3. The molecule has 1 heterocycles. The maximum Gasteiger partial charge on any atom is 0.119 e. The average molecular weight is 542 g/mol. The number of phenols is 1. The van der Waals surface area contributed by atoms with Crippen LogP contribution in [0.15, 0.2) is 60.7 Å². The van der Waals surface area contributed by atoms with Gasteiger partial charge in [0.1, 0.15) is 17.6 Å². The lowest BCUT2D eigenvalue weighted by atomic mass is 9.87. The number of likely N-dealkylation sites (tertiary alicyclic amines) is 1. The zero-order valence-corrected chi connectivity index (χ0v) is 23.3. The summed E-state index contributed by atoms with van der Waals surface area (Å²) < 4.78 is 18.9. The lowest BCUT2D eigenvalue weighted by Gasteiger charge is -2.19. The first-order chi connectivity index (χ1) is 18.9. The number of aromatic hydroxyl groups is 1. The molecule has 6 rings (SSSR count). The summed E-state index contributed by atoms with van der Waals surface area (Å²) in [4.78, 5) is 2.30. The largest absolute Gasteiger partial charge is 0.508 e. The Balaban J connectivity index is 0.00000323. The van der Waals surface area contributed by atoms with E-state index in [2.05, 4.69) is 67.3 Å². The van der Waals surface area contributed by atoms with Crippen molar-refractivity contribution in [3.8, 4) is 11.5 Å². The van der Waals surface area contributed by atoms with Gasteiger partial charge in [0, 0.05) is 19.6 Å². The molecule has 0 spiro atoms. The molecule has 0 bridgehead atoms. The first kappa shape index (κ1) is 28.4. The molecule has 4 heteroatoms. The van der Waals surface area contributed by atoms with Crippen LogP contribution in [0.2, 0.25) is 0 Å². The van der Waals surface area contributed by atoms with Crippen LogP contribution in [0.3, 0.4) is 0 Å². The molecule has 0 unspecified atom stereocenters. The molecule has 40 heavy (non-hydrogen) atoms. The van der Waals surface area contributed by atoms with Gasteiger partial charge in [0.2, 0.25) is 0 Å². The second-order valence-electron chi connectivity index (χ2n) is 12.4. The second kappa shape index (κ2) is 11.8. The Morgan fingerprint density at radius 3 is 2.50 bits per heavy atom. The third kappa shape index (κ3) is 5.98. The van der Waals surface area contributed by atoms with Crippen LogP contribution in [-0.2, 0) is 19.3 Å². The fourth-order valence-corrected chi connectivity index (χ4v) is 6.91. The average Bonchev–Trinajstić information content (AvgIpc) is 3.43. The van der Waals surface area contributed by atoms with Gasteiger partial charge in [-0.2, -0.15) is 0 Å². The summed E-state index contributed by atoms with van der Waals surface area (Å²) in [6, 6.07) is 21.6. The second-order valence-corrected chi connectivity index (χ2v) is 12.4. The SMILES string of the molecule is C.CC1(C)Cc2ccc(C3=C(c4ccc(O[C@H]5CCN(CCCF)C5)cc4)c4ccc(O)cc4CCC3)cc2C1. The quantitative estimate of drug-likeness (QED) is 0.327. The molecule has 1 saturated heterocycles. The summed E-state index contributed by atoms with van der Waals surface area (Å²) >= 11 is 0. The number of hydrogen-bond donors (Lipinski definition) is 1. The van der Waals surface area contributed by atoms with Crippen molar-refractivity contribution in [3.63, 3.8) is 0 Å². The number of fused-ring (bicyclic) bond motifs is 2. The molecule has 3 aromatic rings. The normalized spacial score (nSPS) is 20.0. The molecule has 212 valence electrons. The van der Waals surface area contributed by atoms with Crippen LogP contribution >= 0.6 is 0 Å². The van der Waals surface area contributed by atoms with Gasteiger partial charge in [-0.3, -0.25) is 9.29 Å². The molecule has 2 aliphatic carbocycles. The number of alkyl halides is 1. The monoisotopic (exact) mass is 541 g/mol. The topological polar surface area (TPSA) is 32.7 Å². The highest BCUT2D eigenvalue weighted by molar-refractivity contribution is 6.00. The van der Waals surface area contributed by atoms with Gasteiger partial charge in [-0.1, -0.05) is 57.7 Å². The minimum absolute atomic E-state index is 0. The Bertz CT molecular complexity index is 1370. The van der Waals surface area contributed by atoms with Crippen molar-refractivity contribution in [1.82, 2.24) is 4.90 Å². The predicted octanol–water partition coefficient (Wildman–Crippen LogP) is 8.26. The predicted molar refractivity (Wildman–Crippen MR) is 164 cm³/mol. The van der Waals surface area contributed by atoms with Crippen LogP contribution < -0.4 is 4.74 Å². The maximum absolute atomic E-state index is 12.6. The van der Waals surface area contributed by atoms with Crippen LogP contribution in [0, 0.1) is 5.41 Å². The van der Waals surface area contributed by atoms with Gasteiger partial charge in [-0.25, -0.2) is 0 Å². The molecule has 1 fully saturated rings. The molecule has 3 nitrogen and oxygen atoms in total. The minimum Gasteiger partial charge on any atom is -0.508 e.